The molecule has 0 heterocycles. The quantitative estimate of drug-likeness (QED) is 0.247. The minimum Gasteiger partial charge on any atom is -0.378 e. The molecule has 4 N–H and O–H groups in total. The van der Waals surface area contributed by atoms with Crippen LogP contribution in [0.1, 0.15) is 55.8 Å². The lowest BCUT2D eigenvalue weighted by Gasteiger charge is -2.16. The molecule has 0 aliphatic rings. The molecule has 0 saturated heterocycles. The Balaban J connectivity index is 2.42. The van der Waals surface area contributed by atoms with Crippen LogP contribution < -0.4 is 16.1 Å². The maximum Gasteiger partial charge on any atom is 0.260 e. The summed E-state index contributed by atoms with van der Waals surface area (Å²) < 4.78 is 0. The number of hydroxylamine groups is 1. The number of ketones is 1. The van der Waals surface area contributed by atoms with Crippen LogP contribution in [-0.2, 0) is 4.79 Å². The van der Waals surface area contributed by atoms with Crippen molar-refractivity contribution in [1.82, 2.24) is 5.48 Å². The van der Waals surface area contributed by atoms with Crippen LogP contribution in [0.15, 0.2) is 24.3 Å². The van der Waals surface area contributed by atoms with Crippen molar-refractivity contribution in [2.45, 2.75) is 51.5 Å². The Labute approximate surface area is 150 Å². The molecule has 1 rings (SSSR count). The first-order valence-electron chi connectivity index (χ1n) is 8.91. The number of Topliss-reactive ketones (excluding diaryl/α,β-unsaturated/α-hetero) is 1. The van der Waals surface area contributed by atoms with E-state index >= 15 is 0 Å². The van der Waals surface area contributed by atoms with Gasteiger partial charge in [0, 0.05) is 31.3 Å². The van der Waals surface area contributed by atoms with E-state index in [1.165, 1.54) is 0 Å². The first kappa shape index (κ1) is 21.1. The van der Waals surface area contributed by atoms with Crippen molar-refractivity contribution in [3.63, 3.8) is 0 Å². The minimum absolute atomic E-state index is 0.0274. The summed E-state index contributed by atoms with van der Waals surface area (Å²) in [6.45, 7) is 2.04. The van der Waals surface area contributed by atoms with Crippen LogP contribution in [0.3, 0.4) is 0 Å². The fourth-order valence-electron chi connectivity index (χ4n) is 2.83. The Morgan fingerprint density at radius 1 is 1.12 bits per heavy atom. The zero-order valence-corrected chi connectivity index (χ0v) is 15.5. The summed E-state index contributed by atoms with van der Waals surface area (Å²) in [5, 5.41) is 8.51. The van der Waals surface area contributed by atoms with Gasteiger partial charge in [0.05, 0.1) is 6.04 Å². The largest absolute Gasteiger partial charge is 0.378 e. The summed E-state index contributed by atoms with van der Waals surface area (Å²) in [4.78, 5) is 25.8. The second-order valence-electron chi connectivity index (χ2n) is 6.63. The Bertz CT molecular complexity index is 543. The van der Waals surface area contributed by atoms with Gasteiger partial charge in [-0.15, -0.1) is 0 Å². The monoisotopic (exact) mass is 349 g/mol. The SMILES string of the molecule is CCC(CCCCCC(N)C(=O)NO)C(=O)c1ccc(N(C)C)cc1. The number of benzene rings is 1. The fourth-order valence-corrected chi connectivity index (χ4v) is 2.83. The maximum absolute atomic E-state index is 12.6. The number of amides is 1. The van der Waals surface area contributed by atoms with Gasteiger partial charge < -0.3 is 10.6 Å². The highest BCUT2D eigenvalue weighted by Gasteiger charge is 2.18. The third kappa shape index (κ3) is 6.84. The maximum atomic E-state index is 12.6. The summed E-state index contributed by atoms with van der Waals surface area (Å²) in [6.07, 6.45) is 4.83. The molecule has 6 nitrogen and oxygen atoms in total. The van der Waals surface area contributed by atoms with E-state index in [9.17, 15) is 9.59 Å². The Morgan fingerprint density at radius 3 is 2.24 bits per heavy atom. The normalized spacial score (nSPS) is 13.2. The molecule has 0 aromatic heterocycles. The van der Waals surface area contributed by atoms with E-state index in [1.807, 2.05) is 50.2 Å². The molecular weight excluding hydrogens is 318 g/mol. The number of carbonyl (C=O) groups excluding carboxylic acids is 2. The zero-order chi connectivity index (χ0) is 18.8. The molecule has 0 spiro atoms. The van der Waals surface area contributed by atoms with Gasteiger partial charge in [0.15, 0.2) is 5.78 Å². The molecule has 140 valence electrons. The van der Waals surface area contributed by atoms with Gasteiger partial charge in [0.25, 0.3) is 5.91 Å². The molecule has 0 saturated carbocycles. The predicted molar refractivity (Wildman–Crippen MR) is 99.9 cm³/mol. The van der Waals surface area contributed by atoms with Crippen molar-refractivity contribution >= 4 is 17.4 Å². The van der Waals surface area contributed by atoms with Gasteiger partial charge in [0.1, 0.15) is 0 Å². The number of carbonyl (C=O) groups is 2. The van der Waals surface area contributed by atoms with E-state index < -0.39 is 11.9 Å². The second kappa shape index (κ2) is 10.8. The predicted octanol–water partition coefficient (Wildman–Crippen LogP) is 2.74. The van der Waals surface area contributed by atoms with Crippen molar-refractivity contribution in [3.8, 4) is 0 Å². The van der Waals surface area contributed by atoms with Gasteiger partial charge in [-0.3, -0.25) is 14.8 Å². The van der Waals surface area contributed by atoms with Gasteiger partial charge in [0.2, 0.25) is 0 Å². The molecule has 1 aromatic carbocycles. The van der Waals surface area contributed by atoms with E-state index in [-0.39, 0.29) is 11.7 Å². The highest BCUT2D eigenvalue weighted by atomic mass is 16.5. The van der Waals surface area contributed by atoms with Gasteiger partial charge in [-0.1, -0.05) is 26.2 Å². The molecule has 2 atom stereocenters. The second-order valence-corrected chi connectivity index (χ2v) is 6.63. The lowest BCUT2D eigenvalue weighted by atomic mass is 9.90. The van der Waals surface area contributed by atoms with Crippen molar-refractivity contribution in [2.24, 2.45) is 11.7 Å². The highest BCUT2D eigenvalue weighted by molar-refractivity contribution is 5.98. The first-order chi connectivity index (χ1) is 11.9. The fraction of sp³-hybridized carbons (Fsp3) is 0.579. The third-order valence-electron chi connectivity index (χ3n) is 4.55. The van der Waals surface area contributed by atoms with Crippen molar-refractivity contribution in [2.75, 3.05) is 19.0 Å². The number of hydrogen-bond acceptors (Lipinski definition) is 5. The van der Waals surface area contributed by atoms with Crippen LogP contribution in [0.4, 0.5) is 5.69 Å². The smallest absolute Gasteiger partial charge is 0.260 e. The molecule has 0 aliphatic carbocycles. The molecule has 0 fully saturated rings. The molecule has 0 radical (unpaired) electrons. The standard InChI is InChI=1S/C19H31N3O3/c1-4-14(8-6-5-7-9-17(20)19(24)21-25)18(23)15-10-12-16(13-11-15)22(2)3/h10-14,17,25H,4-9,20H2,1-3H3,(H,21,24). The number of nitrogens with two attached hydrogens (primary N) is 1. The minimum atomic E-state index is -0.677. The number of anilines is 1. The van der Waals surface area contributed by atoms with E-state index in [1.54, 1.807) is 5.48 Å². The lowest BCUT2D eigenvalue weighted by Crippen LogP contribution is -2.38. The third-order valence-corrected chi connectivity index (χ3v) is 4.55. The molecule has 2 unspecified atom stereocenters. The van der Waals surface area contributed by atoms with E-state index in [0.717, 1.165) is 43.4 Å². The molecular formula is C19H31N3O3. The number of unbranched alkanes of at least 4 members (excludes halogenated alkanes) is 2. The highest BCUT2D eigenvalue weighted by Crippen LogP contribution is 2.21. The average molecular weight is 349 g/mol. The van der Waals surface area contributed by atoms with Crippen LogP contribution in [0.5, 0.6) is 0 Å². The zero-order valence-electron chi connectivity index (χ0n) is 15.5. The van der Waals surface area contributed by atoms with Crippen LogP contribution in [-0.4, -0.2) is 37.0 Å². The van der Waals surface area contributed by atoms with Gasteiger partial charge >= 0.3 is 0 Å². The Kier molecular flexibility index (Phi) is 9.16. The van der Waals surface area contributed by atoms with Crippen LogP contribution in [0.2, 0.25) is 0 Å². The van der Waals surface area contributed by atoms with Gasteiger partial charge in [-0.05, 0) is 43.5 Å². The molecule has 0 aliphatic heterocycles. The molecule has 25 heavy (non-hydrogen) atoms. The number of hydrogen-bond donors (Lipinski definition) is 3. The van der Waals surface area contributed by atoms with Crippen molar-refractivity contribution in [1.29, 1.82) is 0 Å². The molecule has 1 aromatic rings. The molecule has 6 heteroatoms. The van der Waals surface area contributed by atoms with Crippen molar-refractivity contribution in [3.05, 3.63) is 29.8 Å². The number of nitrogens with zero attached hydrogens (tertiary/aromatic N) is 1. The summed E-state index contributed by atoms with van der Waals surface area (Å²) in [6, 6.07) is 7.05. The lowest BCUT2D eigenvalue weighted by molar-refractivity contribution is -0.130. The van der Waals surface area contributed by atoms with E-state index in [4.69, 9.17) is 10.9 Å². The average Bonchev–Trinajstić information content (AvgIpc) is 2.63. The topological polar surface area (TPSA) is 95.7 Å². The van der Waals surface area contributed by atoms with Crippen LogP contribution in [0, 0.1) is 5.92 Å². The summed E-state index contributed by atoms with van der Waals surface area (Å²) in [7, 11) is 3.95. The van der Waals surface area contributed by atoms with Crippen LogP contribution in [0.25, 0.3) is 0 Å². The van der Waals surface area contributed by atoms with E-state index in [2.05, 4.69) is 0 Å². The first-order valence-corrected chi connectivity index (χ1v) is 8.91. The number of nitrogens with one attached hydrogen (secondary N) is 1. The van der Waals surface area contributed by atoms with Gasteiger partial charge in [-0.2, -0.15) is 0 Å². The summed E-state index contributed by atoms with van der Waals surface area (Å²) in [5.41, 5.74) is 9.03. The Morgan fingerprint density at radius 2 is 1.72 bits per heavy atom. The number of rotatable bonds is 11. The van der Waals surface area contributed by atoms with E-state index in [0.29, 0.717) is 6.42 Å². The summed E-state index contributed by atoms with van der Waals surface area (Å²) >= 11 is 0. The molecule has 1 amide bonds. The Hall–Kier alpha value is -1.92. The van der Waals surface area contributed by atoms with Crippen LogP contribution >= 0.6 is 0 Å². The summed E-state index contributed by atoms with van der Waals surface area (Å²) in [5.74, 6) is -0.327. The molecule has 0 bridgehead atoms. The van der Waals surface area contributed by atoms with Gasteiger partial charge in [-0.25, -0.2) is 5.48 Å². The van der Waals surface area contributed by atoms with Crippen molar-refractivity contribution < 1.29 is 14.8 Å².